The molecule has 0 saturated heterocycles. The van der Waals surface area contributed by atoms with E-state index >= 15 is 0 Å². The second kappa shape index (κ2) is 4.41. The van der Waals surface area contributed by atoms with E-state index in [0.29, 0.717) is 29.0 Å². The van der Waals surface area contributed by atoms with E-state index in [1.165, 1.54) is 0 Å². The van der Waals surface area contributed by atoms with Gasteiger partial charge in [-0.15, -0.1) is 0 Å². The highest BCUT2D eigenvalue weighted by Crippen LogP contribution is 2.27. The van der Waals surface area contributed by atoms with Crippen LogP contribution in [-0.2, 0) is 0 Å². The summed E-state index contributed by atoms with van der Waals surface area (Å²) >= 11 is 0. The van der Waals surface area contributed by atoms with Gasteiger partial charge in [0.2, 0.25) is 0 Å². The zero-order chi connectivity index (χ0) is 12.4. The molecule has 0 aliphatic rings. The Hall–Kier alpha value is -2.10. The number of hydrogen-bond acceptors (Lipinski definition) is 3. The van der Waals surface area contributed by atoms with Crippen LogP contribution in [0, 0.1) is 6.92 Å². The van der Waals surface area contributed by atoms with Crippen molar-refractivity contribution in [2.75, 3.05) is 6.61 Å². The third-order valence-corrected chi connectivity index (χ3v) is 2.46. The SMILES string of the molecule is CCOc1cccc2c(C(=O)O)cc(C)nc12. The van der Waals surface area contributed by atoms with Crippen LogP contribution in [0.1, 0.15) is 23.0 Å². The Morgan fingerprint density at radius 2 is 2.24 bits per heavy atom. The molecule has 0 aliphatic carbocycles. The summed E-state index contributed by atoms with van der Waals surface area (Å²) in [6.45, 7) is 4.18. The van der Waals surface area contributed by atoms with Gasteiger partial charge in [0.25, 0.3) is 0 Å². The number of carboxylic acids is 1. The number of aromatic nitrogens is 1. The molecule has 0 spiro atoms. The van der Waals surface area contributed by atoms with Gasteiger partial charge in [0, 0.05) is 11.1 Å². The van der Waals surface area contributed by atoms with Gasteiger partial charge >= 0.3 is 5.97 Å². The molecule has 0 fully saturated rings. The molecule has 2 aromatic rings. The van der Waals surface area contributed by atoms with Crippen LogP contribution in [0.4, 0.5) is 0 Å². The zero-order valence-electron chi connectivity index (χ0n) is 9.73. The Kier molecular flexibility index (Phi) is 2.95. The van der Waals surface area contributed by atoms with Gasteiger partial charge in [-0.3, -0.25) is 0 Å². The van der Waals surface area contributed by atoms with E-state index in [2.05, 4.69) is 4.98 Å². The quantitative estimate of drug-likeness (QED) is 0.882. The molecular formula is C13H13NO3. The van der Waals surface area contributed by atoms with Gasteiger partial charge in [0.05, 0.1) is 12.2 Å². The monoisotopic (exact) mass is 231 g/mol. The second-order valence-corrected chi connectivity index (χ2v) is 3.70. The number of pyridine rings is 1. The number of rotatable bonds is 3. The maximum atomic E-state index is 11.2. The molecule has 88 valence electrons. The van der Waals surface area contributed by atoms with Crippen molar-refractivity contribution in [2.24, 2.45) is 0 Å². The lowest BCUT2D eigenvalue weighted by molar-refractivity contribution is 0.0699. The lowest BCUT2D eigenvalue weighted by Gasteiger charge is -2.09. The van der Waals surface area contributed by atoms with Crippen molar-refractivity contribution in [3.63, 3.8) is 0 Å². The first-order chi connectivity index (χ1) is 8.13. The van der Waals surface area contributed by atoms with Crippen molar-refractivity contribution in [3.8, 4) is 5.75 Å². The summed E-state index contributed by atoms with van der Waals surface area (Å²) in [5, 5.41) is 9.77. The molecule has 2 rings (SSSR count). The third-order valence-electron chi connectivity index (χ3n) is 2.46. The Labute approximate surface area is 98.9 Å². The maximum absolute atomic E-state index is 11.2. The molecule has 1 N–H and O–H groups in total. The summed E-state index contributed by atoms with van der Waals surface area (Å²) in [6, 6.07) is 6.88. The molecule has 0 aliphatic heterocycles. The zero-order valence-corrected chi connectivity index (χ0v) is 9.73. The maximum Gasteiger partial charge on any atom is 0.336 e. The number of carbonyl (C=O) groups is 1. The second-order valence-electron chi connectivity index (χ2n) is 3.70. The fraction of sp³-hybridized carbons (Fsp3) is 0.231. The molecule has 0 saturated carbocycles. The van der Waals surface area contributed by atoms with Crippen LogP contribution >= 0.6 is 0 Å². The number of nitrogens with zero attached hydrogens (tertiary/aromatic N) is 1. The minimum Gasteiger partial charge on any atom is -0.492 e. The first kappa shape index (κ1) is 11.4. The number of ether oxygens (including phenoxy) is 1. The number of carboxylic acid groups (broad SMARTS) is 1. The first-order valence-electron chi connectivity index (χ1n) is 5.40. The fourth-order valence-electron chi connectivity index (χ4n) is 1.80. The summed E-state index contributed by atoms with van der Waals surface area (Å²) in [5.74, 6) is -0.328. The number of para-hydroxylation sites is 1. The molecule has 1 aromatic heterocycles. The van der Waals surface area contributed by atoms with E-state index in [-0.39, 0.29) is 5.56 Å². The summed E-state index contributed by atoms with van der Waals surface area (Å²) in [4.78, 5) is 15.5. The average molecular weight is 231 g/mol. The molecule has 1 heterocycles. The summed E-state index contributed by atoms with van der Waals surface area (Å²) < 4.78 is 5.45. The predicted molar refractivity (Wildman–Crippen MR) is 64.6 cm³/mol. The number of fused-ring (bicyclic) bond motifs is 1. The number of aromatic carboxylic acids is 1. The first-order valence-corrected chi connectivity index (χ1v) is 5.40. The molecule has 1 aromatic carbocycles. The van der Waals surface area contributed by atoms with E-state index in [9.17, 15) is 4.79 Å². The van der Waals surface area contributed by atoms with Gasteiger partial charge in [0.15, 0.2) is 0 Å². The van der Waals surface area contributed by atoms with Crippen LogP contribution in [0.25, 0.3) is 10.9 Å². The van der Waals surface area contributed by atoms with Gasteiger partial charge in [-0.05, 0) is 26.0 Å². The fourth-order valence-corrected chi connectivity index (χ4v) is 1.80. The Morgan fingerprint density at radius 3 is 2.88 bits per heavy atom. The Balaban J connectivity index is 2.78. The number of hydrogen-bond donors (Lipinski definition) is 1. The van der Waals surface area contributed by atoms with Crippen molar-refractivity contribution in [1.82, 2.24) is 4.98 Å². The van der Waals surface area contributed by atoms with Gasteiger partial charge in [-0.1, -0.05) is 12.1 Å². The Bertz CT molecular complexity index is 578. The molecular weight excluding hydrogens is 218 g/mol. The van der Waals surface area contributed by atoms with Crippen molar-refractivity contribution < 1.29 is 14.6 Å². The minimum absolute atomic E-state index is 0.258. The minimum atomic E-state index is -0.950. The van der Waals surface area contributed by atoms with E-state index in [1.54, 1.807) is 31.2 Å². The van der Waals surface area contributed by atoms with Crippen molar-refractivity contribution in [3.05, 3.63) is 35.5 Å². The topological polar surface area (TPSA) is 59.4 Å². The van der Waals surface area contributed by atoms with Gasteiger partial charge in [0.1, 0.15) is 11.3 Å². The number of aryl methyl sites for hydroxylation is 1. The molecule has 0 radical (unpaired) electrons. The normalized spacial score (nSPS) is 10.5. The van der Waals surface area contributed by atoms with E-state index in [0.717, 1.165) is 0 Å². The molecule has 4 heteroatoms. The summed E-state index contributed by atoms with van der Waals surface area (Å²) in [7, 11) is 0. The highest BCUT2D eigenvalue weighted by molar-refractivity contribution is 6.04. The smallest absolute Gasteiger partial charge is 0.336 e. The van der Waals surface area contributed by atoms with Crippen molar-refractivity contribution in [1.29, 1.82) is 0 Å². The Morgan fingerprint density at radius 1 is 1.47 bits per heavy atom. The van der Waals surface area contributed by atoms with Crippen LogP contribution in [0.2, 0.25) is 0 Å². The van der Waals surface area contributed by atoms with Crippen molar-refractivity contribution in [2.45, 2.75) is 13.8 Å². The molecule has 17 heavy (non-hydrogen) atoms. The molecule has 0 atom stereocenters. The lowest BCUT2D eigenvalue weighted by Crippen LogP contribution is -2.02. The molecule has 4 nitrogen and oxygen atoms in total. The van der Waals surface area contributed by atoms with Gasteiger partial charge in [-0.25, -0.2) is 9.78 Å². The van der Waals surface area contributed by atoms with Gasteiger partial charge < -0.3 is 9.84 Å². The van der Waals surface area contributed by atoms with E-state index in [4.69, 9.17) is 9.84 Å². The van der Waals surface area contributed by atoms with Crippen molar-refractivity contribution >= 4 is 16.9 Å². The van der Waals surface area contributed by atoms with Gasteiger partial charge in [-0.2, -0.15) is 0 Å². The van der Waals surface area contributed by atoms with Crippen LogP contribution in [0.5, 0.6) is 5.75 Å². The van der Waals surface area contributed by atoms with E-state index in [1.807, 2.05) is 6.92 Å². The predicted octanol–water partition coefficient (Wildman–Crippen LogP) is 2.64. The third kappa shape index (κ3) is 2.06. The van der Waals surface area contributed by atoms with E-state index < -0.39 is 5.97 Å². The van der Waals surface area contributed by atoms with Crippen LogP contribution in [-0.4, -0.2) is 22.7 Å². The molecule has 0 bridgehead atoms. The summed E-state index contributed by atoms with van der Waals surface area (Å²) in [6.07, 6.45) is 0. The highest BCUT2D eigenvalue weighted by atomic mass is 16.5. The largest absolute Gasteiger partial charge is 0.492 e. The van der Waals surface area contributed by atoms with Crippen LogP contribution < -0.4 is 4.74 Å². The average Bonchev–Trinajstić information content (AvgIpc) is 2.29. The summed E-state index contributed by atoms with van der Waals surface area (Å²) in [5.41, 5.74) is 1.53. The standard InChI is InChI=1S/C13H13NO3/c1-3-17-11-6-4-5-9-10(13(15)16)7-8(2)14-12(9)11/h4-7H,3H2,1-2H3,(H,15,16). The van der Waals surface area contributed by atoms with Crippen LogP contribution in [0.3, 0.4) is 0 Å². The van der Waals surface area contributed by atoms with Crippen LogP contribution in [0.15, 0.2) is 24.3 Å². The highest BCUT2D eigenvalue weighted by Gasteiger charge is 2.13. The lowest BCUT2D eigenvalue weighted by atomic mass is 10.1. The molecule has 0 unspecified atom stereocenters. The molecule has 0 amide bonds. The number of benzene rings is 1.